The molecule has 3 nitrogen and oxygen atoms in total. The molecule has 0 bridgehead atoms. The normalized spacial score (nSPS) is 16.1. The van der Waals surface area contributed by atoms with Crippen LogP contribution in [-0.4, -0.2) is 38.3 Å². The molecule has 1 heterocycles. The number of benzene rings is 1. The van der Waals surface area contributed by atoms with E-state index in [0.717, 1.165) is 26.3 Å². The van der Waals surface area contributed by atoms with Gasteiger partial charge in [-0.25, -0.2) is 0 Å². The molecule has 0 saturated heterocycles. The lowest BCUT2D eigenvalue weighted by Gasteiger charge is -2.30. The van der Waals surface area contributed by atoms with Crippen molar-refractivity contribution in [3.05, 3.63) is 36.5 Å². The molecule has 1 aromatic rings. The Kier molecular flexibility index (Phi) is 4.26. The van der Waals surface area contributed by atoms with Crippen LogP contribution in [0.15, 0.2) is 36.5 Å². The molecule has 0 spiro atoms. The van der Waals surface area contributed by atoms with Crippen molar-refractivity contribution in [1.82, 2.24) is 4.90 Å². The lowest BCUT2D eigenvalue weighted by atomic mass is 10.2. The van der Waals surface area contributed by atoms with Crippen molar-refractivity contribution in [3.8, 4) is 0 Å². The smallest absolute Gasteiger partial charge is 0.0750 e. The minimum atomic E-state index is 0.959. The van der Waals surface area contributed by atoms with Crippen LogP contribution in [0.3, 0.4) is 0 Å². The number of likely N-dealkylation sites (N-methyl/N-ethyl adjacent to an activating group) is 1. The molecule has 1 aromatic carbocycles. The quantitative estimate of drug-likeness (QED) is 0.807. The van der Waals surface area contributed by atoms with E-state index in [1.54, 1.807) is 0 Å². The summed E-state index contributed by atoms with van der Waals surface area (Å²) in [5.74, 6) is 0. The van der Waals surface area contributed by atoms with Crippen LogP contribution in [-0.2, 0) is 0 Å². The fourth-order valence-corrected chi connectivity index (χ4v) is 2.33. The molecule has 1 aliphatic heterocycles. The standard InChI is InChI=1S/C15H23N3/c1-4-17(5-2)14-7-9-15(10-8-14)18-12-6-11-16(3)13-18/h6-10,12H,4-5,11,13H2,1-3H3. The second-order valence-corrected chi connectivity index (χ2v) is 4.72. The first kappa shape index (κ1) is 13.0. The SMILES string of the molecule is CCN(CC)c1ccc(N2C=CCN(C)C2)cc1. The van der Waals surface area contributed by atoms with Crippen molar-refractivity contribution in [2.45, 2.75) is 13.8 Å². The monoisotopic (exact) mass is 245 g/mol. The van der Waals surface area contributed by atoms with E-state index in [1.165, 1.54) is 11.4 Å². The van der Waals surface area contributed by atoms with Crippen molar-refractivity contribution in [2.24, 2.45) is 0 Å². The van der Waals surface area contributed by atoms with Gasteiger partial charge in [0.2, 0.25) is 0 Å². The predicted octanol–water partition coefficient (Wildman–Crippen LogP) is 2.76. The number of nitrogens with zero attached hydrogens (tertiary/aromatic N) is 3. The van der Waals surface area contributed by atoms with E-state index in [9.17, 15) is 0 Å². The highest BCUT2D eigenvalue weighted by Crippen LogP contribution is 2.22. The molecule has 0 N–H and O–H groups in total. The summed E-state index contributed by atoms with van der Waals surface area (Å²) in [7, 11) is 2.14. The van der Waals surface area contributed by atoms with Crippen LogP contribution >= 0.6 is 0 Å². The van der Waals surface area contributed by atoms with Crippen LogP contribution in [0.4, 0.5) is 11.4 Å². The van der Waals surface area contributed by atoms with Gasteiger partial charge in [0.05, 0.1) is 6.67 Å². The van der Waals surface area contributed by atoms with Gasteiger partial charge in [-0.05, 0) is 45.2 Å². The summed E-state index contributed by atoms with van der Waals surface area (Å²) in [6.45, 7) is 8.50. The maximum atomic E-state index is 2.36. The molecular formula is C15H23N3. The molecule has 0 fully saturated rings. The molecule has 0 atom stereocenters. The summed E-state index contributed by atoms with van der Waals surface area (Å²) in [6, 6.07) is 8.84. The highest BCUT2D eigenvalue weighted by Gasteiger charge is 2.10. The van der Waals surface area contributed by atoms with Gasteiger partial charge in [-0.15, -0.1) is 0 Å². The highest BCUT2D eigenvalue weighted by atomic mass is 15.3. The minimum Gasteiger partial charge on any atom is -0.372 e. The second kappa shape index (κ2) is 5.91. The van der Waals surface area contributed by atoms with Gasteiger partial charge in [0.1, 0.15) is 0 Å². The van der Waals surface area contributed by atoms with E-state index >= 15 is 0 Å². The van der Waals surface area contributed by atoms with Crippen molar-refractivity contribution in [2.75, 3.05) is 43.2 Å². The molecule has 3 heteroatoms. The Labute approximate surface area is 110 Å². The summed E-state index contributed by atoms with van der Waals surface area (Å²) in [6.07, 6.45) is 4.37. The molecule has 1 aliphatic rings. The van der Waals surface area contributed by atoms with Crippen LogP contribution in [0, 0.1) is 0 Å². The van der Waals surface area contributed by atoms with E-state index in [2.05, 4.69) is 72.1 Å². The van der Waals surface area contributed by atoms with Crippen LogP contribution in [0.5, 0.6) is 0 Å². The minimum absolute atomic E-state index is 0.959. The zero-order valence-corrected chi connectivity index (χ0v) is 11.6. The van der Waals surface area contributed by atoms with Gasteiger partial charge in [-0.3, -0.25) is 4.90 Å². The molecule has 2 rings (SSSR count). The topological polar surface area (TPSA) is 9.72 Å². The van der Waals surface area contributed by atoms with Crippen LogP contribution in [0.2, 0.25) is 0 Å². The van der Waals surface area contributed by atoms with E-state index in [4.69, 9.17) is 0 Å². The second-order valence-electron chi connectivity index (χ2n) is 4.72. The lowest BCUT2D eigenvalue weighted by Crippen LogP contribution is -2.35. The van der Waals surface area contributed by atoms with Crippen molar-refractivity contribution in [1.29, 1.82) is 0 Å². The Bertz CT molecular complexity index is 393. The molecule has 0 saturated carbocycles. The number of anilines is 2. The number of rotatable bonds is 4. The fraction of sp³-hybridized carbons (Fsp3) is 0.467. The van der Waals surface area contributed by atoms with Crippen LogP contribution < -0.4 is 9.80 Å². The average Bonchev–Trinajstić information content (AvgIpc) is 2.41. The lowest BCUT2D eigenvalue weighted by molar-refractivity contribution is 0.366. The number of hydrogen-bond acceptors (Lipinski definition) is 3. The van der Waals surface area contributed by atoms with E-state index < -0.39 is 0 Å². The van der Waals surface area contributed by atoms with Gasteiger partial charge in [-0.2, -0.15) is 0 Å². The first-order valence-electron chi connectivity index (χ1n) is 6.71. The number of hydrogen-bond donors (Lipinski definition) is 0. The Morgan fingerprint density at radius 2 is 1.78 bits per heavy atom. The summed E-state index contributed by atoms with van der Waals surface area (Å²) >= 11 is 0. The van der Waals surface area contributed by atoms with Gasteiger partial charge in [0.25, 0.3) is 0 Å². The molecule has 98 valence electrons. The fourth-order valence-electron chi connectivity index (χ4n) is 2.33. The van der Waals surface area contributed by atoms with Gasteiger partial charge < -0.3 is 9.80 Å². The Morgan fingerprint density at radius 3 is 2.33 bits per heavy atom. The van der Waals surface area contributed by atoms with E-state index in [1.807, 2.05) is 0 Å². The maximum Gasteiger partial charge on any atom is 0.0750 e. The molecule has 18 heavy (non-hydrogen) atoms. The van der Waals surface area contributed by atoms with Crippen LogP contribution in [0.25, 0.3) is 0 Å². The largest absolute Gasteiger partial charge is 0.372 e. The Morgan fingerprint density at radius 1 is 1.11 bits per heavy atom. The Hall–Kier alpha value is -1.48. The average molecular weight is 245 g/mol. The van der Waals surface area contributed by atoms with Gasteiger partial charge in [-0.1, -0.05) is 6.08 Å². The zero-order valence-electron chi connectivity index (χ0n) is 11.6. The molecule has 0 unspecified atom stereocenters. The summed E-state index contributed by atoms with van der Waals surface area (Å²) in [5, 5.41) is 0. The third-order valence-corrected chi connectivity index (χ3v) is 3.41. The summed E-state index contributed by atoms with van der Waals surface area (Å²) in [5.41, 5.74) is 2.56. The van der Waals surface area contributed by atoms with Crippen LogP contribution in [0.1, 0.15) is 13.8 Å². The van der Waals surface area contributed by atoms with Gasteiger partial charge >= 0.3 is 0 Å². The van der Waals surface area contributed by atoms with Crippen molar-refractivity contribution >= 4 is 11.4 Å². The van der Waals surface area contributed by atoms with E-state index in [-0.39, 0.29) is 0 Å². The highest BCUT2D eigenvalue weighted by molar-refractivity contribution is 5.57. The first-order valence-corrected chi connectivity index (χ1v) is 6.71. The predicted molar refractivity (Wildman–Crippen MR) is 79.1 cm³/mol. The van der Waals surface area contributed by atoms with Crippen molar-refractivity contribution in [3.63, 3.8) is 0 Å². The molecular weight excluding hydrogens is 222 g/mol. The molecule has 0 radical (unpaired) electrons. The Balaban J connectivity index is 2.12. The van der Waals surface area contributed by atoms with E-state index in [0.29, 0.717) is 0 Å². The van der Waals surface area contributed by atoms with Gasteiger partial charge in [0, 0.05) is 37.2 Å². The molecule has 0 amide bonds. The first-order chi connectivity index (χ1) is 8.74. The summed E-state index contributed by atoms with van der Waals surface area (Å²) < 4.78 is 0. The third-order valence-electron chi connectivity index (χ3n) is 3.41. The molecule has 0 aromatic heterocycles. The van der Waals surface area contributed by atoms with Crippen molar-refractivity contribution < 1.29 is 0 Å². The third kappa shape index (κ3) is 2.85. The van der Waals surface area contributed by atoms with Gasteiger partial charge in [0.15, 0.2) is 0 Å². The maximum absolute atomic E-state index is 2.36. The zero-order chi connectivity index (χ0) is 13.0. The summed E-state index contributed by atoms with van der Waals surface area (Å²) in [4.78, 5) is 6.93. The molecule has 0 aliphatic carbocycles.